The average molecular weight is 334 g/mol. The molecule has 0 atom stereocenters. The molecule has 3 aromatic rings. The van der Waals surface area contributed by atoms with Gasteiger partial charge in [-0.05, 0) is 36.2 Å². The van der Waals surface area contributed by atoms with Gasteiger partial charge in [0.2, 0.25) is 0 Å². The van der Waals surface area contributed by atoms with Gasteiger partial charge in [0.15, 0.2) is 0 Å². The lowest BCUT2D eigenvalue weighted by atomic mass is 10.0. The maximum atomic E-state index is 12.0. The summed E-state index contributed by atoms with van der Waals surface area (Å²) in [7, 11) is 1.41. The van der Waals surface area contributed by atoms with Crippen molar-refractivity contribution in [1.82, 2.24) is 0 Å². The first-order valence-corrected chi connectivity index (χ1v) is 8.52. The summed E-state index contributed by atoms with van der Waals surface area (Å²) in [5.74, 6) is -0.313. The topological polar surface area (TPSA) is 26.3 Å². The molecule has 0 aliphatic rings. The largest absolute Gasteiger partial charge is 0.465 e. The number of carbonyl (C=O) groups is 1. The Morgan fingerprint density at radius 1 is 0.875 bits per heavy atom. The summed E-state index contributed by atoms with van der Waals surface area (Å²) in [5.41, 5.74) is 4.13. The first-order valence-electron chi connectivity index (χ1n) is 7.70. The van der Waals surface area contributed by atoms with E-state index in [9.17, 15) is 4.79 Å². The molecule has 0 bridgehead atoms. The zero-order chi connectivity index (χ0) is 16.9. The highest BCUT2D eigenvalue weighted by Gasteiger charge is 2.14. The summed E-state index contributed by atoms with van der Waals surface area (Å²) < 4.78 is 4.90. The van der Waals surface area contributed by atoms with Gasteiger partial charge < -0.3 is 4.74 Å². The molecule has 24 heavy (non-hydrogen) atoms. The van der Waals surface area contributed by atoms with Crippen molar-refractivity contribution < 1.29 is 9.53 Å². The van der Waals surface area contributed by atoms with Crippen molar-refractivity contribution in [3.8, 4) is 11.1 Å². The van der Waals surface area contributed by atoms with E-state index < -0.39 is 0 Å². The summed E-state index contributed by atoms with van der Waals surface area (Å²) in [6, 6.07) is 24.2. The SMILES string of the molecule is COC(=O)c1ccccc1Sc1ccc(C)cc1-c1ccccc1. The predicted octanol–water partition coefficient (Wildman–Crippen LogP) is 5.60. The number of benzene rings is 3. The van der Waals surface area contributed by atoms with E-state index >= 15 is 0 Å². The molecule has 0 amide bonds. The zero-order valence-corrected chi connectivity index (χ0v) is 14.5. The molecule has 0 N–H and O–H groups in total. The molecule has 0 aliphatic carbocycles. The van der Waals surface area contributed by atoms with E-state index in [4.69, 9.17) is 4.74 Å². The lowest BCUT2D eigenvalue weighted by Crippen LogP contribution is -2.02. The van der Waals surface area contributed by atoms with Crippen molar-refractivity contribution in [3.05, 3.63) is 83.9 Å². The molecule has 0 unspecified atom stereocenters. The Bertz CT molecular complexity index is 857. The second-order valence-corrected chi connectivity index (χ2v) is 6.54. The third kappa shape index (κ3) is 3.52. The Morgan fingerprint density at radius 2 is 1.58 bits per heavy atom. The highest BCUT2D eigenvalue weighted by molar-refractivity contribution is 7.99. The summed E-state index contributed by atoms with van der Waals surface area (Å²) in [5, 5.41) is 0. The zero-order valence-electron chi connectivity index (χ0n) is 13.7. The number of aryl methyl sites for hydroxylation is 1. The highest BCUT2D eigenvalue weighted by atomic mass is 32.2. The van der Waals surface area contributed by atoms with E-state index in [0.717, 1.165) is 9.79 Å². The van der Waals surface area contributed by atoms with Crippen LogP contribution in [0, 0.1) is 6.92 Å². The second kappa shape index (κ2) is 7.37. The standard InChI is InChI=1S/C21H18O2S/c1-15-12-13-20(18(14-15)16-8-4-3-5-9-16)24-19-11-7-6-10-17(19)21(22)23-2/h3-14H,1-2H3. The van der Waals surface area contributed by atoms with Gasteiger partial charge in [0, 0.05) is 9.79 Å². The summed E-state index contributed by atoms with van der Waals surface area (Å²) >= 11 is 1.59. The normalized spacial score (nSPS) is 10.4. The van der Waals surface area contributed by atoms with Gasteiger partial charge in [0.05, 0.1) is 12.7 Å². The van der Waals surface area contributed by atoms with Crippen molar-refractivity contribution in [3.63, 3.8) is 0 Å². The number of rotatable bonds is 4. The highest BCUT2D eigenvalue weighted by Crippen LogP contribution is 2.38. The first-order chi connectivity index (χ1) is 11.7. The fourth-order valence-corrected chi connectivity index (χ4v) is 3.60. The number of methoxy groups -OCH3 is 1. The molecule has 120 valence electrons. The van der Waals surface area contributed by atoms with Gasteiger partial charge in [-0.15, -0.1) is 0 Å². The number of ether oxygens (including phenoxy) is 1. The molecular formula is C21H18O2S. The predicted molar refractivity (Wildman–Crippen MR) is 98.5 cm³/mol. The van der Waals surface area contributed by atoms with Crippen LogP contribution in [0.3, 0.4) is 0 Å². The Morgan fingerprint density at radius 3 is 2.33 bits per heavy atom. The van der Waals surface area contributed by atoms with Gasteiger partial charge in [0.25, 0.3) is 0 Å². The molecule has 0 spiro atoms. The van der Waals surface area contributed by atoms with Gasteiger partial charge in [-0.1, -0.05) is 71.9 Å². The molecule has 0 saturated carbocycles. The van der Waals surface area contributed by atoms with Crippen molar-refractivity contribution in [2.24, 2.45) is 0 Å². The number of esters is 1. The van der Waals surface area contributed by atoms with Crippen LogP contribution in [0.1, 0.15) is 15.9 Å². The van der Waals surface area contributed by atoms with Crippen LogP contribution in [0.4, 0.5) is 0 Å². The number of hydrogen-bond donors (Lipinski definition) is 0. The summed E-state index contributed by atoms with van der Waals surface area (Å²) in [4.78, 5) is 14.0. The van der Waals surface area contributed by atoms with Gasteiger partial charge in [-0.25, -0.2) is 4.79 Å². The fraction of sp³-hybridized carbons (Fsp3) is 0.0952. The summed E-state index contributed by atoms with van der Waals surface area (Å²) in [6.07, 6.45) is 0. The van der Waals surface area contributed by atoms with Gasteiger partial charge in [-0.2, -0.15) is 0 Å². The maximum absolute atomic E-state index is 12.0. The van der Waals surface area contributed by atoms with Crippen LogP contribution in [0.15, 0.2) is 82.6 Å². The van der Waals surface area contributed by atoms with Gasteiger partial charge in [-0.3, -0.25) is 0 Å². The van der Waals surface area contributed by atoms with Crippen LogP contribution in [-0.2, 0) is 4.74 Å². The van der Waals surface area contributed by atoms with Crippen LogP contribution in [0.25, 0.3) is 11.1 Å². The van der Waals surface area contributed by atoms with Gasteiger partial charge >= 0.3 is 5.97 Å². The van der Waals surface area contributed by atoms with E-state index in [1.807, 2.05) is 36.4 Å². The molecule has 0 fully saturated rings. The van der Waals surface area contributed by atoms with E-state index in [0.29, 0.717) is 5.56 Å². The van der Waals surface area contributed by atoms with E-state index in [-0.39, 0.29) is 5.97 Å². The first kappa shape index (κ1) is 16.3. The van der Waals surface area contributed by atoms with Crippen LogP contribution < -0.4 is 0 Å². The second-order valence-electron chi connectivity index (χ2n) is 5.46. The van der Waals surface area contributed by atoms with Crippen molar-refractivity contribution in [2.75, 3.05) is 7.11 Å². The van der Waals surface area contributed by atoms with Gasteiger partial charge in [0.1, 0.15) is 0 Å². The Balaban J connectivity index is 2.05. The minimum absolute atomic E-state index is 0.313. The fourth-order valence-electron chi connectivity index (χ4n) is 2.53. The molecular weight excluding hydrogens is 316 g/mol. The van der Waals surface area contributed by atoms with Crippen LogP contribution in [-0.4, -0.2) is 13.1 Å². The lowest BCUT2D eigenvalue weighted by molar-refractivity contribution is 0.0597. The Kier molecular flexibility index (Phi) is 5.02. The van der Waals surface area contributed by atoms with Crippen molar-refractivity contribution in [1.29, 1.82) is 0 Å². The van der Waals surface area contributed by atoms with Crippen LogP contribution in [0.2, 0.25) is 0 Å². The number of hydrogen-bond acceptors (Lipinski definition) is 3. The average Bonchev–Trinajstić information content (AvgIpc) is 2.63. The van der Waals surface area contributed by atoms with Crippen LogP contribution in [0.5, 0.6) is 0 Å². The Hall–Kier alpha value is -2.52. The third-order valence-corrected chi connectivity index (χ3v) is 4.88. The molecule has 2 nitrogen and oxygen atoms in total. The van der Waals surface area contributed by atoms with Crippen LogP contribution >= 0.6 is 11.8 Å². The maximum Gasteiger partial charge on any atom is 0.339 e. The monoisotopic (exact) mass is 334 g/mol. The quantitative estimate of drug-likeness (QED) is 0.581. The third-order valence-electron chi connectivity index (χ3n) is 3.73. The van der Waals surface area contributed by atoms with Crippen molar-refractivity contribution >= 4 is 17.7 Å². The van der Waals surface area contributed by atoms with E-state index in [1.165, 1.54) is 23.8 Å². The minimum Gasteiger partial charge on any atom is -0.465 e. The smallest absolute Gasteiger partial charge is 0.339 e. The molecule has 0 aromatic heterocycles. The Labute approximate surface area is 146 Å². The molecule has 0 heterocycles. The molecule has 3 heteroatoms. The molecule has 0 aliphatic heterocycles. The minimum atomic E-state index is -0.313. The summed E-state index contributed by atoms with van der Waals surface area (Å²) in [6.45, 7) is 2.09. The molecule has 0 saturated heterocycles. The molecule has 0 radical (unpaired) electrons. The number of carbonyl (C=O) groups excluding carboxylic acids is 1. The van der Waals surface area contributed by atoms with E-state index in [1.54, 1.807) is 17.8 Å². The van der Waals surface area contributed by atoms with E-state index in [2.05, 4.69) is 37.3 Å². The molecule has 3 rings (SSSR count). The van der Waals surface area contributed by atoms with Crippen molar-refractivity contribution in [2.45, 2.75) is 16.7 Å². The molecule has 3 aromatic carbocycles. The lowest BCUT2D eigenvalue weighted by Gasteiger charge is -2.12.